The predicted octanol–water partition coefficient (Wildman–Crippen LogP) is 1.30. The molecule has 0 radical (unpaired) electrons. The van der Waals surface area contributed by atoms with Crippen molar-refractivity contribution in [2.24, 2.45) is 0 Å². The molecule has 2 rings (SSSR count). The number of hydrogen-bond donors (Lipinski definition) is 0. The van der Waals surface area contributed by atoms with Crippen molar-refractivity contribution >= 4 is 11.6 Å². The Labute approximate surface area is 122 Å². The highest BCUT2D eigenvalue weighted by molar-refractivity contribution is 5.80. The van der Waals surface area contributed by atoms with Crippen LogP contribution in [0.15, 0.2) is 6.20 Å². The standard InChI is InChI=1S/C13H20N4O4/c1-8-5-15(6-9(2)21-8)13(18)11(4)16-7-12(17(19)20)10(3)14-16/h7-9,11H,5-6H2,1-4H3/t8-,9+,11-/m1/s1. The average molecular weight is 296 g/mol. The molecule has 0 unspecified atom stereocenters. The first-order valence-corrected chi connectivity index (χ1v) is 6.94. The van der Waals surface area contributed by atoms with E-state index in [1.54, 1.807) is 18.7 Å². The van der Waals surface area contributed by atoms with Gasteiger partial charge >= 0.3 is 5.69 Å². The molecule has 116 valence electrons. The molecule has 1 aromatic rings. The minimum Gasteiger partial charge on any atom is -0.372 e. The lowest BCUT2D eigenvalue weighted by atomic mass is 10.2. The number of nitrogens with zero attached hydrogens (tertiary/aromatic N) is 4. The molecule has 1 saturated heterocycles. The van der Waals surface area contributed by atoms with E-state index in [2.05, 4.69) is 5.10 Å². The number of aromatic nitrogens is 2. The van der Waals surface area contributed by atoms with Crippen LogP contribution in [0, 0.1) is 17.0 Å². The van der Waals surface area contributed by atoms with Crippen molar-refractivity contribution in [3.63, 3.8) is 0 Å². The van der Waals surface area contributed by atoms with Crippen molar-refractivity contribution in [1.82, 2.24) is 14.7 Å². The van der Waals surface area contributed by atoms with Crippen molar-refractivity contribution in [2.45, 2.75) is 45.9 Å². The van der Waals surface area contributed by atoms with Crippen molar-refractivity contribution in [2.75, 3.05) is 13.1 Å². The Morgan fingerprint density at radius 1 is 1.48 bits per heavy atom. The van der Waals surface area contributed by atoms with Crippen LogP contribution in [-0.4, -0.2) is 50.8 Å². The van der Waals surface area contributed by atoms with Gasteiger partial charge in [0, 0.05) is 13.1 Å². The van der Waals surface area contributed by atoms with Gasteiger partial charge in [-0.3, -0.25) is 19.6 Å². The van der Waals surface area contributed by atoms with Gasteiger partial charge in [-0.15, -0.1) is 0 Å². The van der Waals surface area contributed by atoms with E-state index in [-0.39, 0.29) is 23.8 Å². The predicted molar refractivity (Wildman–Crippen MR) is 74.9 cm³/mol. The smallest absolute Gasteiger partial charge is 0.309 e. The number of rotatable bonds is 3. The quantitative estimate of drug-likeness (QED) is 0.619. The molecule has 21 heavy (non-hydrogen) atoms. The Hall–Kier alpha value is -1.96. The normalized spacial score (nSPS) is 23.9. The van der Waals surface area contributed by atoms with E-state index in [0.717, 1.165) is 0 Å². The zero-order valence-corrected chi connectivity index (χ0v) is 12.6. The van der Waals surface area contributed by atoms with Crippen molar-refractivity contribution in [1.29, 1.82) is 0 Å². The van der Waals surface area contributed by atoms with Crippen molar-refractivity contribution < 1.29 is 14.5 Å². The number of hydrogen-bond acceptors (Lipinski definition) is 5. The minimum atomic E-state index is -0.574. The number of nitro groups is 1. The van der Waals surface area contributed by atoms with E-state index in [0.29, 0.717) is 18.8 Å². The van der Waals surface area contributed by atoms with Gasteiger partial charge in [0.25, 0.3) is 0 Å². The molecule has 8 nitrogen and oxygen atoms in total. The fraction of sp³-hybridized carbons (Fsp3) is 0.692. The van der Waals surface area contributed by atoms with E-state index in [4.69, 9.17) is 4.74 Å². The van der Waals surface area contributed by atoms with Crippen LogP contribution >= 0.6 is 0 Å². The maximum atomic E-state index is 12.5. The number of aryl methyl sites for hydroxylation is 1. The minimum absolute atomic E-state index is 0.0152. The van der Waals surface area contributed by atoms with Crippen LogP contribution in [0.2, 0.25) is 0 Å². The van der Waals surface area contributed by atoms with Crippen LogP contribution in [0.4, 0.5) is 5.69 Å². The second-order valence-electron chi connectivity index (χ2n) is 5.51. The second kappa shape index (κ2) is 5.80. The van der Waals surface area contributed by atoms with Crippen LogP contribution in [0.1, 0.15) is 32.5 Å². The Morgan fingerprint density at radius 3 is 2.52 bits per heavy atom. The number of morpholine rings is 1. The molecule has 0 aromatic carbocycles. The summed E-state index contributed by atoms with van der Waals surface area (Å²) in [6, 6.07) is -0.574. The third kappa shape index (κ3) is 3.21. The fourth-order valence-corrected chi connectivity index (χ4v) is 2.58. The number of ether oxygens (including phenoxy) is 1. The summed E-state index contributed by atoms with van der Waals surface area (Å²) >= 11 is 0. The highest BCUT2D eigenvalue weighted by atomic mass is 16.6. The van der Waals surface area contributed by atoms with Gasteiger partial charge < -0.3 is 9.64 Å². The Bertz CT molecular complexity index is 546. The number of amides is 1. The first kappa shape index (κ1) is 15.4. The summed E-state index contributed by atoms with van der Waals surface area (Å²) < 4.78 is 6.96. The molecule has 0 N–H and O–H groups in total. The van der Waals surface area contributed by atoms with Gasteiger partial charge in [-0.2, -0.15) is 5.10 Å². The molecule has 0 spiro atoms. The summed E-state index contributed by atoms with van der Waals surface area (Å²) in [5.41, 5.74) is 0.238. The Morgan fingerprint density at radius 2 is 2.05 bits per heavy atom. The highest BCUT2D eigenvalue weighted by Gasteiger charge is 2.30. The van der Waals surface area contributed by atoms with Gasteiger partial charge in [-0.25, -0.2) is 0 Å². The van der Waals surface area contributed by atoms with Gasteiger partial charge in [0.2, 0.25) is 5.91 Å². The molecule has 0 saturated carbocycles. The number of carbonyl (C=O) groups is 1. The second-order valence-corrected chi connectivity index (χ2v) is 5.51. The lowest BCUT2D eigenvalue weighted by molar-refractivity contribution is -0.385. The van der Waals surface area contributed by atoms with E-state index in [9.17, 15) is 14.9 Å². The maximum absolute atomic E-state index is 12.5. The molecule has 3 atom stereocenters. The third-order valence-electron chi connectivity index (χ3n) is 3.57. The number of carbonyl (C=O) groups excluding carboxylic acids is 1. The van der Waals surface area contributed by atoms with Crippen LogP contribution in [0.5, 0.6) is 0 Å². The largest absolute Gasteiger partial charge is 0.372 e. The molecule has 1 aliphatic heterocycles. The molecular formula is C13H20N4O4. The third-order valence-corrected chi connectivity index (χ3v) is 3.57. The summed E-state index contributed by atoms with van der Waals surface area (Å²) in [4.78, 5) is 24.6. The first-order chi connectivity index (χ1) is 9.79. The zero-order valence-electron chi connectivity index (χ0n) is 12.6. The van der Waals surface area contributed by atoms with Crippen molar-refractivity contribution in [3.8, 4) is 0 Å². The van der Waals surface area contributed by atoms with Gasteiger partial charge in [-0.1, -0.05) is 0 Å². The molecular weight excluding hydrogens is 276 g/mol. The lowest BCUT2D eigenvalue weighted by Crippen LogP contribution is -2.50. The summed E-state index contributed by atoms with van der Waals surface area (Å²) in [6.07, 6.45) is 1.28. The summed E-state index contributed by atoms with van der Waals surface area (Å²) in [5.74, 6) is -0.102. The van der Waals surface area contributed by atoms with E-state index in [1.165, 1.54) is 10.9 Å². The van der Waals surface area contributed by atoms with Gasteiger partial charge in [-0.05, 0) is 27.7 Å². The Kier molecular flexibility index (Phi) is 4.26. The lowest BCUT2D eigenvalue weighted by Gasteiger charge is -2.36. The van der Waals surface area contributed by atoms with Crippen LogP contribution < -0.4 is 0 Å². The monoisotopic (exact) mass is 296 g/mol. The molecule has 8 heteroatoms. The molecule has 1 aromatic heterocycles. The van der Waals surface area contributed by atoms with E-state index < -0.39 is 11.0 Å². The molecule has 1 amide bonds. The highest BCUT2D eigenvalue weighted by Crippen LogP contribution is 2.21. The first-order valence-electron chi connectivity index (χ1n) is 6.94. The fourth-order valence-electron chi connectivity index (χ4n) is 2.58. The SMILES string of the molecule is Cc1nn([C@H](C)C(=O)N2C[C@@H](C)O[C@@H](C)C2)cc1[N+](=O)[O-]. The summed E-state index contributed by atoms with van der Waals surface area (Å²) in [5, 5.41) is 14.9. The van der Waals surface area contributed by atoms with Gasteiger partial charge in [0.15, 0.2) is 0 Å². The van der Waals surface area contributed by atoms with Gasteiger partial charge in [0.05, 0.1) is 17.1 Å². The molecule has 0 bridgehead atoms. The molecule has 0 aliphatic carbocycles. The van der Waals surface area contributed by atoms with Crippen molar-refractivity contribution in [3.05, 3.63) is 22.0 Å². The molecule has 2 heterocycles. The van der Waals surface area contributed by atoms with E-state index >= 15 is 0 Å². The summed E-state index contributed by atoms with van der Waals surface area (Å²) in [6.45, 7) is 8.15. The maximum Gasteiger partial charge on any atom is 0.309 e. The van der Waals surface area contributed by atoms with Crippen LogP contribution in [0.25, 0.3) is 0 Å². The Balaban J connectivity index is 2.15. The zero-order chi connectivity index (χ0) is 15.7. The average Bonchev–Trinajstić information content (AvgIpc) is 2.78. The van der Waals surface area contributed by atoms with Crippen LogP contribution in [-0.2, 0) is 9.53 Å². The van der Waals surface area contributed by atoms with Crippen LogP contribution in [0.3, 0.4) is 0 Å². The molecule has 1 fully saturated rings. The van der Waals surface area contributed by atoms with E-state index in [1.807, 2.05) is 13.8 Å². The van der Waals surface area contributed by atoms with Gasteiger partial charge in [0.1, 0.15) is 17.9 Å². The summed E-state index contributed by atoms with van der Waals surface area (Å²) in [7, 11) is 0. The topological polar surface area (TPSA) is 90.5 Å². The molecule has 1 aliphatic rings.